The summed E-state index contributed by atoms with van der Waals surface area (Å²) in [5.74, 6) is 0. The molecule has 2 heteroatoms. The molecule has 0 radical (unpaired) electrons. The molecule has 2 N–H and O–H groups in total. The van der Waals surface area contributed by atoms with E-state index in [2.05, 4.69) is 54.0 Å². The van der Waals surface area contributed by atoms with Crippen LogP contribution in [0.3, 0.4) is 0 Å². The zero-order valence-electron chi connectivity index (χ0n) is 11.6. The van der Waals surface area contributed by atoms with Crippen molar-refractivity contribution in [3.05, 3.63) is 47.5 Å². The van der Waals surface area contributed by atoms with Gasteiger partial charge in [0.1, 0.15) is 0 Å². The highest BCUT2D eigenvalue weighted by atomic mass is 15.0. The van der Waals surface area contributed by atoms with Crippen molar-refractivity contribution in [1.29, 1.82) is 0 Å². The van der Waals surface area contributed by atoms with E-state index >= 15 is 0 Å². The van der Waals surface area contributed by atoms with Gasteiger partial charge in [-0.2, -0.15) is 0 Å². The molecule has 1 unspecified atom stereocenters. The number of rotatable bonds is 4. The Morgan fingerprint density at radius 1 is 1.16 bits per heavy atom. The standard InChI is InChI=1S/C17H22N2/c1-13-2-4-16-11-14(3-5-15(16)10-13)6-9-19-17-7-8-18-12-17/h2-5,10-11,17-19H,6-9,12H2,1H3. The van der Waals surface area contributed by atoms with Crippen LogP contribution in [0.2, 0.25) is 0 Å². The predicted octanol–water partition coefficient (Wildman–Crippen LogP) is 2.64. The Bertz CT molecular complexity index is 556. The molecule has 3 rings (SSSR count). The molecule has 0 amide bonds. The second-order valence-electron chi connectivity index (χ2n) is 5.58. The molecule has 19 heavy (non-hydrogen) atoms. The van der Waals surface area contributed by atoms with E-state index in [9.17, 15) is 0 Å². The lowest BCUT2D eigenvalue weighted by Gasteiger charge is -2.11. The molecular formula is C17H22N2. The van der Waals surface area contributed by atoms with Gasteiger partial charge in [0.15, 0.2) is 0 Å². The highest BCUT2D eigenvalue weighted by molar-refractivity contribution is 5.83. The molecule has 1 fully saturated rings. The average Bonchev–Trinajstić information content (AvgIpc) is 2.92. The van der Waals surface area contributed by atoms with Crippen LogP contribution in [0.15, 0.2) is 36.4 Å². The zero-order valence-corrected chi connectivity index (χ0v) is 11.6. The van der Waals surface area contributed by atoms with Crippen molar-refractivity contribution < 1.29 is 0 Å². The van der Waals surface area contributed by atoms with Crippen molar-refractivity contribution in [2.75, 3.05) is 19.6 Å². The van der Waals surface area contributed by atoms with Gasteiger partial charge in [-0.25, -0.2) is 0 Å². The van der Waals surface area contributed by atoms with Gasteiger partial charge in [0.05, 0.1) is 0 Å². The fourth-order valence-electron chi connectivity index (χ4n) is 2.82. The van der Waals surface area contributed by atoms with E-state index in [1.807, 2.05) is 0 Å². The van der Waals surface area contributed by atoms with Crippen molar-refractivity contribution in [2.45, 2.75) is 25.8 Å². The first kappa shape index (κ1) is 12.6. The van der Waals surface area contributed by atoms with Gasteiger partial charge in [0.25, 0.3) is 0 Å². The molecule has 2 nitrogen and oxygen atoms in total. The van der Waals surface area contributed by atoms with Crippen LogP contribution in [0.5, 0.6) is 0 Å². The third-order valence-electron chi connectivity index (χ3n) is 3.97. The maximum absolute atomic E-state index is 3.62. The summed E-state index contributed by atoms with van der Waals surface area (Å²) in [4.78, 5) is 0. The van der Waals surface area contributed by atoms with E-state index in [4.69, 9.17) is 0 Å². The molecule has 1 aliphatic rings. The number of aryl methyl sites for hydroxylation is 1. The van der Waals surface area contributed by atoms with Gasteiger partial charge in [-0.15, -0.1) is 0 Å². The van der Waals surface area contributed by atoms with Gasteiger partial charge in [-0.05, 0) is 49.2 Å². The van der Waals surface area contributed by atoms with Crippen LogP contribution in [0.25, 0.3) is 10.8 Å². The Labute approximate surface area is 115 Å². The van der Waals surface area contributed by atoms with Crippen LogP contribution in [0.4, 0.5) is 0 Å². The van der Waals surface area contributed by atoms with Crippen LogP contribution in [0.1, 0.15) is 17.5 Å². The third-order valence-corrected chi connectivity index (χ3v) is 3.97. The van der Waals surface area contributed by atoms with E-state index in [0.29, 0.717) is 6.04 Å². The van der Waals surface area contributed by atoms with Crippen molar-refractivity contribution in [3.63, 3.8) is 0 Å². The average molecular weight is 254 g/mol. The first-order valence-electron chi connectivity index (χ1n) is 7.25. The van der Waals surface area contributed by atoms with Gasteiger partial charge < -0.3 is 10.6 Å². The van der Waals surface area contributed by atoms with E-state index in [-0.39, 0.29) is 0 Å². The summed E-state index contributed by atoms with van der Waals surface area (Å²) in [5.41, 5.74) is 2.76. The van der Waals surface area contributed by atoms with Crippen LogP contribution >= 0.6 is 0 Å². The summed E-state index contributed by atoms with van der Waals surface area (Å²) in [5, 5.41) is 9.71. The third kappa shape index (κ3) is 3.14. The molecule has 1 heterocycles. The molecular weight excluding hydrogens is 232 g/mol. The van der Waals surface area contributed by atoms with E-state index < -0.39 is 0 Å². The second kappa shape index (κ2) is 5.72. The molecule has 1 aliphatic heterocycles. The number of fused-ring (bicyclic) bond motifs is 1. The monoisotopic (exact) mass is 254 g/mol. The van der Waals surface area contributed by atoms with Crippen molar-refractivity contribution >= 4 is 10.8 Å². The molecule has 1 saturated heterocycles. The topological polar surface area (TPSA) is 24.1 Å². The molecule has 2 aromatic carbocycles. The number of hydrogen-bond donors (Lipinski definition) is 2. The Morgan fingerprint density at radius 2 is 2.00 bits per heavy atom. The molecule has 100 valence electrons. The smallest absolute Gasteiger partial charge is 0.0204 e. The fraction of sp³-hybridized carbons (Fsp3) is 0.412. The van der Waals surface area contributed by atoms with Gasteiger partial charge in [-0.1, -0.05) is 42.0 Å². The Balaban J connectivity index is 1.62. The van der Waals surface area contributed by atoms with Crippen molar-refractivity contribution in [1.82, 2.24) is 10.6 Å². The van der Waals surface area contributed by atoms with Crippen LogP contribution in [-0.2, 0) is 6.42 Å². The number of benzene rings is 2. The highest BCUT2D eigenvalue weighted by Crippen LogP contribution is 2.17. The molecule has 2 aromatic rings. The Kier molecular flexibility index (Phi) is 3.81. The minimum Gasteiger partial charge on any atom is -0.315 e. The lowest BCUT2D eigenvalue weighted by molar-refractivity contribution is 0.550. The first-order valence-corrected chi connectivity index (χ1v) is 7.25. The fourth-order valence-corrected chi connectivity index (χ4v) is 2.82. The van der Waals surface area contributed by atoms with Gasteiger partial charge in [0, 0.05) is 12.6 Å². The quantitative estimate of drug-likeness (QED) is 0.876. The second-order valence-corrected chi connectivity index (χ2v) is 5.58. The summed E-state index contributed by atoms with van der Waals surface area (Å²) >= 11 is 0. The molecule has 0 bridgehead atoms. The minimum atomic E-state index is 0.670. The lowest BCUT2D eigenvalue weighted by atomic mass is 10.0. The molecule has 0 saturated carbocycles. The summed E-state index contributed by atoms with van der Waals surface area (Å²) in [6.45, 7) is 5.50. The Hall–Kier alpha value is -1.38. The summed E-state index contributed by atoms with van der Waals surface area (Å²) in [7, 11) is 0. The van der Waals surface area contributed by atoms with E-state index in [1.54, 1.807) is 0 Å². The van der Waals surface area contributed by atoms with Crippen LogP contribution < -0.4 is 10.6 Å². The maximum Gasteiger partial charge on any atom is 0.0204 e. The van der Waals surface area contributed by atoms with Gasteiger partial charge in [-0.3, -0.25) is 0 Å². The summed E-state index contributed by atoms with van der Waals surface area (Å²) < 4.78 is 0. The summed E-state index contributed by atoms with van der Waals surface area (Å²) in [6, 6.07) is 14.2. The van der Waals surface area contributed by atoms with Crippen molar-refractivity contribution in [3.8, 4) is 0 Å². The lowest BCUT2D eigenvalue weighted by Crippen LogP contribution is -2.32. The number of hydrogen-bond acceptors (Lipinski definition) is 2. The molecule has 0 aromatic heterocycles. The molecule has 1 atom stereocenters. The maximum atomic E-state index is 3.62. The van der Waals surface area contributed by atoms with Crippen molar-refractivity contribution in [2.24, 2.45) is 0 Å². The molecule has 0 spiro atoms. The zero-order chi connectivity index (χ0) is 13.1. The minimum absolute atomic E-state index is 0.670. The Morgan fingerprint density at radius 3 is 2.84 bits per heavy atom. The van der Waals surface area contributed by atoms with Gasteiger partial charge >= 0.3 is 0 Å². The summed E-state index contributed by atoms with van der Waals surface area (Å²) in [6.07, 6.45) is 2.37. The van der Waals surface area contributed by atoms with Crippen LogP contribution in [0, 0.1) is 6.92 Å². The predicted molar refractivity (Wildman–Crippen MR) is 81.7 cm³/mol. The number of nitrogens with one attached hydrogen (secondary N) is 2. The highest BCUT2D eigenvalue weighted by Gasteiger charge is 2.12. The van der Waals surface area contributed by atoms with Crippen LogP contribution in [-0.4, -0.2) is 25.7 Å². The molecule has 0 aliphatic carbocycles. The first-order chi connectivity index (χ1) is 9.31. The largest absolute Gasteiger partial charge is 0.315 e. The normalized spacial score (nSPS) is 19.1. The SMILES string of the molecule is Cc1ccc2cc(CCNC3CCNC3)ccc2c1. The van der Waals surface area contributed by atoms with Gasteiger partial charge in [0.2, 0.25) is 0 Å². The van der Waals surface area contributed by atoms with E-state index in [1.165, 1.54) is 28.3 Å². The van der Waals surface area contributed by atoms with E-state index in [0.717, 1.165) is 26.1 Å².